The minimum Gasteiger partial charge on any atom is -0.470 e. The Morgan fingerprint density at radius 1 is 1.29 bits per heavy atom. The summed E-state index contributed by atoms with van der Waals surface area (Å²) in [5.74, 6) is -1.04. The van der Waals surface area contributed by atoms with Gasteiger partial charge < -0.3 is 14.4 Å². The van der Waals surface area contributed by atoms with Crippen molar-refractivity contribution in [1.82, 2.24) is 10.1 Å². The average Bonchev–Trinajstić information content (AvgIpc) is 3.07. The Labute approximate surface area is 162 Å². The number of Topliss-reactive ketones (excluding diaryl/α,β-unsaturated/α-hetero) is 1. The van der Waals surface area contributed by atoms with Crippen molar-refractivity contribution in [2.45, 2.75) is 31.6 Å². The minimum atomic E-state index is -2.19. The molecule has 2 aliphatic rings. The molecule has 28 heavy (non-hydrogen) atoms. The lowest BCUT2D eigenvalue weighted by Gasteiger charge is -2.52. The fourth-order valence-corrected chi connectivity index (χ4v) is 4.42. The predicted molar refractivity (Wildman–Crippen MR) is 99.9 cm³/mol. The van der Waals surface area contributed by atoms with E-state index in [4.69, 9.17) is 9.26 Å². The molecule has 7 nitrogen and oxygen atoms in total. The van der Waals surface area contributed by atoms with Gasteiger partial charge in [0.05, 0.1) is 6.04 Å². The van der Waals surface area contributed by atoms with Crippen LogP contribution in [0, 0.1) is 5.41 Å². The Bertz CT molecular complexity index is 964. The predicted octanol–water partition coefficient (Wildman–Crippen LogP) is 2.32. The van der Waals surface area contributed by atoms with Crippen LogP contribution in [-0.4, -0.2) is 46.4 Å². The lowest BCUT2D eigenvalue weighted by Crippen LogP contribution is -2.65. The lowest BCUT2D eigenvalue weighted by molar-refractivity contribution is -0.149. The molecule has 0 spiro atoms. The smallest absolute Gasteiger partial charge is 0.265 e. The number of hydrogen-bond acceptors (Lipinski definition) is 7. The molecule has 0 aliphatic heterocycles. The topological polar surface area (TPSA) is 92.9 Å². The molecule has 0 saturated heterocycles. The molecule has 0 radical (unpaired) electrons. The summed E-state index contributed by atoms with van der Waals surface area (Å²) in [6, 6.07) is 8.90. The van der Waals surface area contributed by atoms with E-state index in [1.54, 1.807) is 13.0 Å². The van der Waals surface area contributed by atoms with Crippen LogP contribution in [0.25, 0.3) is 0 Å². The molecule has 1 aromatic heterocycles. The zero-order chi connectivity index (χ0) is 20.1. The Morgan fingerprint density at radius 3 is 2.68 bits per heavy atom. The highest BCUT2D eigenvalue weighted by molar-refractivity contribution is 6.23. The maximum absolute atomic E-state index is 13.3. The number of nitrogens with zero attached hydrogens (tertiary/aromatic N) is 2. The number of aromatic nitrogens is 1. The van der Waals surface area contributed by atoms with Gasteiger partial charge in [0.25, 0.3) is 5.88 Å². The number of ether oxygens (including phenoxy) is 1. The van der Waals surface area contributed by atoms with Crippen molar-refractivity contribution in [3.8, 4) is 5.88 Å². The van der Waals surface area contributed by atoms with Crippen LogP contribution in [0.3, 0.4) is 0 Å². The lowest BCUT2D eigenvalue weighted by atomic mass is 9.55. The Kier molecular flexibility index (Phi) is 4.24. The number of ketones is 2. The maximum atomic E-state index is 13.3. The van der Waals surface area contributed by atoms with Gasteiger partial charge >= 0.3 is 0 Å². The van der Waals surface area contributed by atoms with Crippen LogP contribution in [0.2, 0.25) is 0 Å². The molecule has 146 valence electrons. The number of hydrogen-bond donors (Lipinski definition) is 1. The molecule has 1 heterocycles. The molecule has 0 saturated carbocycles. The summed E-state index contributed by atoms with van der Waals surface area (Å²) < 4.78 is 11.3. The molecule has 0 amide bonds. The molecule has 3 atom stereocenters. The van der Waals surface area contributed by atoms with Gasteiger partial charge in [-0.25, -0.2) is 0 Å². The van der Waals surface area contributed by atoms with Gasteiger partial charge in [0.2, 0.25) is 5.78 Å². The van der Waals surface area contributed by atoms with Crippen LogP contribution >= 0.6 is 0 Å². The fraction of sp³-hybridized carbons (Fsp3) is 0.381. The van der Waals surface area contributed by atoms with Crippen molar-refractivity contribution in [1.29, 1.82) is 0 Å². The number of fused-ring (bicyclic) bond motifs is 2. The summed E-state index contributed by atoms with van der Waals surface area (Å²) in [7, 11) is 3.62. The molecular weight excluding hydrogens is 360 g/mol. The molecule has 0 unspecified atom stereocenters. The maximum Gasteiger partial charge on any atom is 0.265 e. The Hall–Kier alpha value is -2.77. The van der Waals surface area contributed by atoms with Crippen LogP contribution in [0.4, 0.5) is 0 Å². The van der Waals surface area contributed by atoms with Crippen molar-refractivity contribution < 1.29 is 24.0 Å². The number of carbonyl (C=O) groups excluding carboxylic acids is 2. The van der Waals surface area contributed by atoms with Gasteiger partial charge in [0.15, 0.2) is 17.1 Å². The summed E-state index contributed by atoms with van der Waals surface area (Å²) in [4.78, 5) is 27.9. The van der Waals surface area contributed by atoms with E-state index < -0.39 is 28.6 Å². The minimum absolute atomic E-state index is 0.00599. The summed E-state index contributed by atoms with van der Waals surface area (Å²) >= 11 is 0. The monoisotopic (exact) mass is 382 g/mol. The Morgan fingerprint density at radius 2 is 2.00 bits per heavy atom. The largest absolute Gasteiger partial charge is 0.470 e. The zero-order valence-electron chi connectivity index (χ0n) is 16.0. The molecule has 0 fully saturated rings. The number of benzene rings is 1. The van der Waals surface area contributed by atoms with E-state index >= 15 is 0 Å². The van der Waals surface area contributed by atoms with E-state index in [9.17, 15) is 14.7 Å². The zero-order valence-corrected chi connectivity index (χ0v) is 16.0. The third kappa shape index (κ3) is 2.40. The van der Waals surface area contributed by atoms with Gasteiger partial charge in [-0.15, -0.1) is 0 Å². The second-order valence-electron chi connectivity index (χ2n) is 7.80. The highest BCUT2D eigenvalue weighted by atomic mass is 16.5. The first-order valence-electron chi connectivity index (χ1n) is 9.11. The normalized spacial score (nSPS) is 29.0. The Balaban J connectivity index is 1.80. The fourth-order valence-electron chi connectivity index (χ4n) is 4.42. The van der Waals surface area contributed by atoms with Crippen molar-refractivity contribution in [3.05, 3.63) is 59.4 Å². The molecule has 2 aliphatic carbocycles. The van der Waals surface area contributed by atoms with Crippen molar-refractivity contribution in [3.63, 3.8) is 0 Å². The summed E-state index contributed by atoms with van der Waals surface area (Å²) in [5, 5.41) is 15.3. The average molecular weight is 382 g/mol. The van der Waals surface area contributed by atoms with Crippen molar-refractivity contribution in [2.75, 3.05) is 14.1 Å². The molecule has 4 rings (SSSR count). The first-order chi connectivity index (χ1) is 13.3. The molecule has 7 heteroatoms. The van der Waals surface area contributed by atoms with Crippen LogP contribution in [-0.2, 0) is 11.4 Å². The first-order valence-corrected chi connectivity index (χ1v) is 9.11. The quantitative estimate of drug-likeness (QED) is 0.811. The molecule has 2 aromatic rings. The van der Waals surface area contributed by atoms with E-state index in [1.807, 2.05) is 49.3 Å². The second kappa shape index (κ2) is 6.39. The van der Waals surface area contributed by atoms with Gasteiger partial charge in [0, 0.05) is 5.41 Å². The van der Waals surface area contributed by atoms with Crippen LogP contribution < -0.4 is 4.74 Å². The third-order valence-electron chi connectivity index (χ3n) is 5.82. The second-order valence-corrected chi connectivity index (χ2v) is 7.80. The highest BCUT2D eigenvalue weighted by Gasteiger charge is 2.67. The summed E-state index contributed by atoms with van der Waals surface area (Å²) in [6.45, 7) is 1.91. The summed E-state index contributed by atoms with van der Waals surface area (Å²) in [6.07, 6.45) is 3.31. The molecule has 1 aromatic carbocycles. The number of carbonyl (C=O) groups is 2. The first kappa shape index (κ1) is 18.6. The van der Waals surface area contributed by atoms with Crippen molar-refractivity contribution in [2.24, 2.45) is 5.41 Å². The van der Waals surface area contributed by atoms with Gasteiger partial charge in [-0.3, -0.25) is 14.5 Å². The third-order valence-corrected chi connectivity index (χ3v) is 5.82. The molecular formula is C21H22N2O5. The van der Waals surface area contributed by atoms with Crippen LogP contribution in [0.5, 0.6) is 5.88 Å². The number of aliphatic hydroxyl groups is 1. The van der Waals surface area contributed by atoms with Gasteiger partial charge in [-0.2, -0.15) is 0 Å². The SMILES string of the molecule is CN(C)[C@H]1c2onc(OCc3ccccc3)c2C(=O)[C@@]2(O)C(=O)C=CC[C@@]12C. The van der Waals surface area contributed by atoms with Gasteiger partial charge in [-0.05, 0) is 37.3 Å². The van der Waals surface area contributed by atoms with E-state index in [1.165, 1.54) is 6.08 Å². The van der Waals surface area contributed by atoms with Crippen LogP contribution in [0.1, 0.15) is 41.1 Å². The number of allylic oxidation sites excluding steroid dienone is 1. The molecule has 0 bridgehead atoms. The van der Waals surface area contributed by atoms with E-state index in [2.05, 4.69) is 5.16 Å². The molecule has 1 N–H and O–H groups in total. The summed E-state index contributed by atoms with van der Waals surface area (Å²) in [5.41, 5.74) is -2.34. The van der Waals surface area contributed by atoms with Crippen molar-refractivity contribution >= 4 is 11.6 Å². The van der Waals surface area contributed by atoms with Gasteiger partial charge in [0.1, 0.15) is 12.2 Å². The van der Waals surface area contributed by atoms with E-state index in [-0.39, 0.29) is 18.1 Å². The van der Waals surface area contributed by atoms with E-state index in [0.717, 1.165) is 5.56 Å². The number of rotatable bonds is 4. The van der Waals surface area contributed by atoms with Crippen LogP contribution in [0.15, 0.2) is 47.0 Å². The standard InChI is InChI=1S/C21H22N2O5/c1-20-11-7-10-14(24)21(20,26)18(25)15-16(17(20)23(2)3)28-22-19(15)27-12-13-8-5-4-6-9-13/h4-10,17,26H,11-12H2,1-3H3/t17-,20-,21-/m0/s1. The van der Waals surface area contributed by atoms with E-state index in [0.29, 0.717) is 12.2 Å². The van der Waals surface area contributed by atoms with Gasteiger partial charge in [-0.1, -0.05) is 43.3 Å². The highest BCUT2D eigenvalue weighted by Crippen LogP contribution is 2.57.